The maximum atomic E-state index is 11.6. The van der Waals surface area contributed by atoms with E-state index in [2.05, 4.69) is 19.9 Å². The molecule has 2 N–H and O–H groups in total. The number of imidazole rings is 1. The zero-order valence-corrected chi connectivity index (χ0v) is 8.90. The Hall–Kier alpha value is -1.69. The lowest BCUT2D eigenvalue weighted by molar-refractivity contribution is 0.308. The summed E-state index contributed by atoms with van der Waals surface area (Å²) >= 11 is 0. The normalized spacial score (nSPS) is 13.6. The highest BCUT2D eigenvalue weighted by atomic mass is 16.1. The smallest absolute Gasteiger partial charge is 0.277 e. The van der Waals surface area contributed by atoms with Crippen molar-refractivity contribution in [1.29, 1.82) is 0 Å². The van der Waals surface area contributed by atoms with E-state index in [9.17, 15) is 4.79 Å². The van der Waals surface area contributed by atoms with Crippen LogP contribution in [-0.4, -0.2) is 38.9 Å². The van der Waals surface area contributed by atoms with E-state index in [1.165, 1.54) is 6.33 Å². The van der Waals surface area contributed by atoms with Crippen molar-refractivity contribution >= 4 is 11.2 Å². The maximum absolute atomic E-state index is 11.6. The van der Waals surface area contributed by atoms with Crippen LogP contribution < -0.4 is 5.56 Å². The first-order valence-corrected chi connectivity index (χ1v) is 4.69. The number of hydrogen-bond acceptors (Lipinski definition) is 4. The molecule has 0 saturated carbocycles. The van der Waals surface area contributed by atoms with Crippen LogP contribution in [0, 0.1) is 0 Å². The van der Waals surface area contributed by atoms with Crippen LogP contribution in [0.2, 0.25) is 0 Å². The first-order chi connectivity index (χ1) is 7.09. The summed E-state index contributed by atoms with van der Waals surface area (Å²) in [4.78, 5) is 27.3. The van der Waals surface area contributed by atoms with Crippen LogP contribution in [0.3, 0.4) is 0 Å². The van der Waals surface area contributed by atoms with Gasteiger partial charge >= 0.3 is 0 Å². The second-order valence-corrected chi connectivity index (χ2v) is 3.69. The maximum Gasteiger partial charge on any atom is 0.277 e. The summed E-state index contributed by atoms with van der Waals surface area (Å²) < 4.78 is 0. The molecule has 0 aliphatic carbocycles. The Bertz CT molecular complexity index is 527. The third-order valence-corrected chi connectivity index (χ3v) is 2.48. The highest BCUT2D eigenvalue weighted by Crippen LogP contribution is 2.12. The van der Waals surface area contributed by atoms with Crippen LogP contribution in [0.5, 0.6) is 0 Å². The molecule has 0 saturated heterocycles. The van der Waals surface area contributed by atoms with Crippen molar-refractivity contribution in [3.05, 3.63) is 22.5 Å². The van der Waals surface area contributed by atoms with Crippen molar-refractivity contribution in [3.63, 3.8) is 0 Å². The summed E-state index contributed by atoms with van der Waals surface area (Å²) in [5.41, 5.74) is 0.702. The molecule has 80 valence electrons. The van der Waals surface area contributed by atoms with E-state index in [-0.39, 0.29) is 11.6 Å². The summed E-state index contributed by atoms with van der Waals surface area (Å²) in [5.74, 6) is 0.629. The average molecular weight is 207 g/mol. The van der Waals surface area contributed by atoms with E-state index >= 15 is 0 Å². The molecule has 0 spiro atoms. The third kappa shape index (κ3) is 1.63. The van der Waals surface area contributed by atoms with E-state index in [0.29, 0.717) is 17.0 Å². The molecule has 0 aromatic carbocycles. The summed E-state index contributed by atoms with van der Waals surface area (Å²) in [6.07, 6.45) is 1.47. The van der Waals surface area contributed by atoms with Gasteiger partial charge in [-0.15, -0.1) is 0 Å². The monoisotopic (exact) mass is 207 g/mol. The topological polar surface area (TPSA) is 77.7 Å². The largest absolute Gasteiger partial charge is 0.339 e. The molecule has 2 aromatic rings. The van der Waals surface area contributed by atoms with E-state index < -0.39 is 0 Å². The molecule has 6 nitrogen and oxygen atoms in total. The number of aromatic amines is 2. The fourth-order valence-corrected chi connectivity index (χ4v) is 1.30. The van der Waals surface area contributed by atoms with Gasteiger partial charge in [-0.1, -0.05) is 0 Å². The molecule has 2 heterocycles. The van der Waals surface area contributed by atoms with Gasteiger partial charge in [-0.3, -0.25) is 9.69 Å². The van der Waals surface area contributed by atoms with E-state index in [4.69, 9.17) is 0 Å². The SMILES string of the molecule is CC(c1nc2nc[nH]c2c(=O)[nH]1)N(C)C. The van der Waals surface area contributed by atoms with Gasteiger partial charge in [0.25, 0.3) is 5.56 Å². The Morgan fingerprint density at radius 2 is 2.20 bits per heavy atom. The van der Waals surface area contributed by atoms with Gasteiger partial charge in [0.1, 0.15) is 5.82 Å². The van der Waals surface area contributed by atoms with E-state index in [0.717, 1.165) is 0 Å². The quantitative estimate of drug-likeness (QED) is 0.741. The van der Waals surface area contributed by atoms with Gasteiger partial charge in [0.2, 0.25) is 0 Å². The minimum atomic E-state index is -0.179. The van der Waals surface area contributed by atoms with Crippen LogP contribution in [0.4, 0.5) is 0 Å². The minimum absolute atomic E-state index is 0.0544. The Morgan fingerprint density at radius 1 is 1.47 bits per heavy atom. The molecule has 15 heavy (non-hydrogen) atoms. The summed E-state index contributed by atoms with van der Waals surface area (Å²) in [6, 6.07) is 0.0544. The highest BCUT2D eigenvalue weighted by molar-refractivity contribution is 5.67. The van der Waals surface area contributed by atoms with Gasteiger partial charge in [-0.2, -0.15) is 0 Å². The van der Waals surface area contributed by atoms with E-state index in [1.54, 1.807) is 0 Å². The lowest BCUT2D eigenvalue weighted by Crippen LogP contribution is -2.22. The van der Waals surface area contributed by atoms with Crippen molar-refractivity contribution in [1.82, 2.24) is 24.8 Å². The number of fused-ring (bicyclic) bond motifs is 1. The molecule has 0 bridgehead atoms. The van der Waals surface area contributed by atoms with Crippen LogP contribution >= 0.6 is 0 Å². The van der Waals surface area contributed by atoms with Crippen LogP contribution in [0.25, 0.3) is 11.2 Å². The fraction of sp³-hybridized carbons (Fsp3) is 0.444. The predicted octanol–water partition coefficient (Wildman–Crippen LogP) is 0.269. The molecule has 6 heteroatoms. The Morgan fingerprint density at radius 3 is 2.87 bits per heavy atom. The molecule has 1 unspecified atom stereocenters. The number of nitrogens with one attached hydrogen (secondary N) is 2. The molecule has 0 radical (unpaired) electrons. The molecule has 0 fully saturated rings. The first-order valence-electron chi connectivity index (χ1n) is 4.69. The van der Waals surface area contributed by atoms with Gasteiger partial charge in [0.05, 0.1) is 12.4 Å². The number of nitrogens with zero attached hydrogens (tertiary/aromatic N) is 3. The Kier molecular flexibility index (Phi) is 2.28. The lowest BCUT2D eigenvalue weighted by atomic mass is 10.3. The van der Waals surface area contributed by atoms with E-state index in [1.807, 2.05) is 25.9 Å². The van der Waals surface area contributed by atoms with Crippen molar-refractivity contribution < 1.29 is 0 Å². The van der Waals surface area contributed by atoms with Gasteiger partial charge in [0.15, 0.2) is 11.2 Å². The van der Waals surface area contributed by atoms with Crippen LogP contribution in [0.15, 0.2) is 11.1 Å². The molecule has 0 aliphatic rings. The second-order valence-electron chi connectivity index (χ2n) is 3.69. The van der Waals surface area contributed by atoms with Crippen LogP contribution in [-0.2, 0) is 0 Å². The number of H-pyrrole nitrogens is 2. The molecule has 1 atom stereocenters. The highest BCUT2D eigenvalue weighted by Gasteiger charge is 2.13. The standard InChI is InChI=1S/C9H13N5O/c1-5(14(2)3)7-12-8-6(9(15)13-7)10-4-11-8/h4-5H,1-3H3,(H2,10,11,12,13,15). The van der Waals surface area contributed by atoms with Crippen molar-refractivity contribution in [2.24, 2.45) is 0 Å². The second kappa shape index (κ2) is 3.47. The lowest BCUT2D eigenvalue weighted by Gasteiger charge is -2.18. The summed E-state index contributed by atoms with van der Waals surface area (Å²) in [7, 11) is 3.86. The minimum Gasteiger partial charge on any atom is -0.339 e. The zero-order chi connectivity index (χ0) is 11.0. The van der Waals surface area contributed by atoms with Crippen molar-refractivity contribution in [2.75, 3.05) is 14.1 Å². The molecular weight excluding hydrogens is 194 g/mol. The molecular formula is C9H13N5O. The number of rotatable bonds is 2. The number of aromatic nitrogens is 4. The average Bonchev–Trinajstić information content (AvgIpc) is 2.64. The number of hydrogen-bond donors (Lipinski definition) is 2. The van der Waals surface area contributed by atoms with Crippen LogP contribution in [0.1, 0.15) is 18.8 Å². The molecule has 0 amide bonds. The van der Waals surface area contributed by atoms with Crippen molar-refractivity contribution in [2.45, 2.75) is 13.0 Å². The van der Waals surface area contributed by atoms with Crippen molar-refractivity contribution in [3.8, 4) is 0 Å². The Balaban J connectivity index is 2.59. The third-order valence-electron chi connectivity index (χ3n) is 2.48. The summed E-state index contributed by atoms with van der Waals surface area (Å²) in [6.45, 7) is 1.97. The van der Waals surface area contributed by atoms with Gasteiger partial charge in [0, 0.05) is 0 Å². The zero-order valence-electron chi connectivity index (χ0n) is 8.90. The van der Waals surface area contributed by atoms with Gasteiger partial charge < -0.3 is 9.97 Å². The molecule has 2 aromatic heterocycles. The first kappa shape index (κ1) is 9.85. The summed E-state index contributed by atoms with van der Waals surface area (Å²) in [5, 5.41) is 0. The molecule has 0 aliphatic heterocycles. The Labute approximate surface area is 86.4 Å². The van der Waals surface area contributed by atoms with Gasteiger partial charge in [-0.05, 0) is 21.0 Å². The fourth-order valence-electron chi connectivity index (χ4n) is 1.30. The van der Waals surface area contributed by atoms with Gasteiger partial charge in [-0.25, -0.2) is 9.97 Å². The predicted molar refractivity (Wildman–Crippen MR) is 56.6 cm³/mol. The molecule has 2 rings (SSSR count).